The van der Waals surface area contributed by atoms with Crippen LogP contribution in [0.1, 0.15) is 54.2 Å². The zero-order valence-corrected chi connectivity index (χ0v) is 14.3. The highest BCUT2D eigenvalue weighted by atomic mass is 16.2. The van der Waals surface area contributed by atoms with Crippen LogP contribution in [0.4, 0.5) is 0 Å². The third-order valence-electron chi connectivity index (χ3n) is 5.06. The summed E-state index contributed by atoms with van der Waals surface area (Å²) >= 11 is 0. The molecule has 3 heterocycles. The van der Waals surface area contributed by atoms with Crippen molar-refractivity contribution >= 4 is 5.91 Å². The molecule has 0 unspecified atom stereocenters. The maximum atomic E-state index is 13.0. The Hall–Kier alpha value is -2.11. The number of piperidine rings is 1. The summed E-state index contributed by atoms with van der Waals surface area (Å²) in [5.74, 6) is 0.413. The molecule has 0 aromatic carbocycles. The fraction of sp³-hybridized carbons (Fsp3) is 0.588. The van der Waals surface area contributed by atoms with Crippen LogP contribution in [-0.2, 0) is 11.8 Å². The molecule has 0 saturated carbocycles. The molecule has 6 nitrogen and oxygen atoms in total. The molecule has 1 aliphatic rings. The van der Waals surface area contributed by atoms with Crippen LogP contribution in [0.5, 0.6) is 0 Å². The van der Waals surface area contributed by atoms with Gasteiger partial charge in [-0.3, -0.25) is 14.6 Å². The first-order valence-corrected chi connectivity index (χ1v) is 8.27. The van der Waals surface area contributed by atoms with Gasteiger partial charge in [-0.25, -0.2) is 0 Å². The summed E-state index contributed by atoms with van der Waals surface area (Å²) in [6, 6.07) is 2.01. The predicted molar refractivity (Wildman–Crippen MR) is 88.2 cm³/mol. The smallest absolute Gasteiger partial charge is 0.229 e. The van der Waals surface area contributed by atoms with Gasteiger partial charge in [-0.05, 0) is 39.7 Å². The quantitative estimate of drug-likeness (QED) is 0.945. The highest BCUT2D eigenvalue weighted by molar-refractivity contribution is 5.84. The molecule has 23 heavy (non-hydrogen) atoms. The molecule has 1 amide bonds. The summed E-state index contributed by atoms with van der Waals surface area (Å²) in [6.45, 7) is 7.62. The lowest BCUT2D eigenvalue weighted by atomic mass is 9.92. The second kappa shape index (κ2) is 6.18. The van der Waals surface area contributed by atoms with E-state index >= 15 is 0 Å². The van der Waals surface area contributed by atoms with E-state index in [4.69, 9.17) is 0 Å². The molecular weight excluding hydrogens is 290 g/mol. The van der Waals surface area contributed by atoms with Crippen molar-refractivity contribution in [3.8, 4) is 0 Å². The number of H-pyrrole nitrogens is 1. The second-order valence-corrected chi connectivity index (χ2v) is 6.57. The first-order valence-electron chi connectivity index (χ1n) is 8.27. The van der Waals surface area contributed by atoms with E-state index in [-0.39, 0.29) is 11.8 Å². The van der Waals surface area contributed by atoms with Gasteiger partial charge in [0, 0.05) is 49.2 Å². The number of aromatic nitrogens is 4. The molecule has 0 bridgehead atoms. The summed E-state index contributed by atoms with van der Waals surface area (Å²) in [6.07, 6.45) is 3.92. The van der Waals surface area contributed by atoms with Crippen LogP contribution in [0, 0.1) is 13.8 Å². The molecule has 3 rings (SSSR count). The number of nitrogens with zero attached hydrogens (tertiary/aromatic N) is 4. The van der Waals surface area contributed by atoms with Gasteiger partial charge >= 0.3 is 0 Å². The normalized spacial score (nSPS) is 19.8. The van der Waals surface area contributed by atoms with Crippen molar-refractivity contribution in [2.75, 3.05) is 13.1 Å². The number of likely N-dealkylation sites (tertiary alicyclic amines) is 1. The Balaban J connectivity index is 1.77. The Morgan fingerprint density at radius 2 is 2.22 bits per heavy atom. The van der Waals surface area contributed by atoms with Crippen LogP contribution in [-0.4, -0.2) is 43.9 Å². The van der Waals surface area contributed by atoms with Crippen LogP contribution >= 0.6 is 0 Å². The van der Waals surface area contributed by atoms with Gasteiger partial charge in [0.25, 0.3) is 0 Å². The first kappa shape index (κ1) is 15.8. The third-order valence-corrected chi connectivity index (χ3v) is 5.06. The molecule has 2 aromatic rings. The van der Waals surface area contributed by atoms with Gasteiger partial charge in [0.2, 0.25) is 5.91 Å². The monoisotopic (exact) mass is 315 g/mol. The van der Waals surface area contributed by atoms with Crippen LogP contribution in [0.25, 0.3) is 0 Å². The van der Waals surface area contributed by atoms with E-state index < -0.39 is 0 Å². The summed E-state index contributed by atoms with van der Waals surface area (Å²) < 4.78 is 1.86. The summed E-state index contributed by atoms with van der Waals surface area (Å²) in [7, 11) is 1.93. The molecule has 1 fully saturated rings. The lowest BCUT2D eigenvalue weighted by Crippen LogP contribution is -2.41. The average molecular weight is 315 g/mol. The Labute approximate surface area is 136 Å². The van der Waals surface area contributed by atoms with Crippen molar-refractivity contribution in [1.29, 1.82) is 0 Å². The molecular formula is C17H25N5O. The predicted octanol–water partition coefficient (Wildman–Crippen LogP) is 2.27. The Bertz CT molecular complexity index is 688. The van der Waals surface area contributed by atoms with Crippen molar-refractivity contribution in [1.82, 2.24) is 24.9 Å². The van der Waals surface area contributed by atoms with E-state index in [0.717, 1.165) is 48.6 Å². The average Bonchev–Trinajstić information content (AvgIpc) is 3.16. The molecule has 0 aliphatic carbocycles. The molecule has 1 aliphatic heterocycles. The van der Waals surface area contributed by atoms with Crippen LogP contribution < -0.4 is 0 Å². The van der Waals surface area contributed by atoms with Gasteiger partial charge < -0.3 is 4.90 Å². The van der Waals surface area contributed by atoms with E-state index in [1.54, 1.807) is 6.20 Å². The molecule has 2 atom stereocenters. The number of aromatic amines is 1. The van der Waals surface area contributed by atoms with Gasteiger partial charge in [-0.15, -0.1) is 0 Å². The zero-order valence-electron chi connectivity index (χ0n) is 14.3. The van der Waals surface area contributed by atoms with Gasteiger partial charge in [0.05, 0.1) is 11.6 Å². The topological polar surface area (TPSA) is 66.8 Å². The zero-order chi connectivity index (χ0) is 16.6. The van der Waals surface area contributed by atoms with E-state index in [0.29, 0.717) is 5.92 Å². The minimum atomic E-state index is -0.149. The number of carbonyl (C=O) groups excluding carboxylic acids is 1. The Morgan fingerprint density at radius 1 is 1.43 bits per heavy atom. The lowest BCUT2D eigenvalue weighted by molar-refractivity contribution is -0.133. The SMILES string of the molecule is Cc1nn(C)c(C)c1[C@H](C)C(=O)N1CCC[C@@H](c2ccn[nH]2)C1. The van der Waals surface area contributed by atoms with Crippen molar-refractivity contribution < 1.29 is 4.79 Å². The summed E-state index contributed by atoms with van der Waals surface area (Å²) in [5, 5.41) is 11.5. The number of hydrogen-bond acceptors (Lipinski definition) is 3. The number of hydrogen-bond donors (Lipinski definition) is 1. The molecule has 6 heteroatoms. The largest absolute Gasteiger partial charge is 0.342 e. The Kier molecular flexibility index (Phi) is 4.24. The van der Waals surface area contributed by atoms with E-state index in [1.807, 2.05) is 43.5 Å². The molecule has 0 radical (unpaired) electrons. The summed E-state index contributed by atoms with van der Waals surface area (Å²) in [5.41, 5.74) is 4.23. The molecule has 124 valence electrons. The summed E-state index contributed by atoms with van der Waals surface area (Å²) in [4.78, 5) is 15.0. The van der Waals surface area contributed by atoms with Crippen molar-refractivity contribution in [2.45, 2.75) is 45.4 Å². The van der Waals surface area contributed by atoms with E-state index in [2.05, 4.69) is 15.3 Å². The highest BCUT2D eigenvalue weighted by Gasteiger charge is 2.31. The maximum Gasteiger partial charge on any atom is 0.229 e. The van der Waals surface area contributed by atoms with E-state index in [9.17, 15) is 4.79 Å². The molecule has 2 aromatic heterocycles. The van der Waals surface area contributed by atoms with Gasteiger partial charge in [-0.2, -0.15) is 10.2 Å². The third kappa shape index (κ3) is 2.90. The lowest BCUT2D eigenvalue weighted by Gasteiger charge is -2.34. The number of aryl methyl sites for hydroxylation is 2. The van der Waals surface area contributed by atoms with Crippen molar-refractivity contribution in [3.05, 3.63) is 34.9 Å². The maximum absolute atomic E-state index is 13.0. The number of carbonyl (C=O) groups is 1. The minimum absolute atomic E-state index is 0.149. The highest BCUT2D eigenvalue weighted by Crippen LogP contribution is 2.29. The van der Waals surface area contributed by atoms with Gasteiger partial charge in [-0.1, -0.05) is 0 Å². The van der Waals surface area contributed by atoms with Crippen molar-refractivity contribution in [3.63, 3.8) is 0 Å². The van der Waals surface area contributed by atoms with Crippen molar-refractivity contribution in [2.24, 2.45) is 7.05 Å². The second-order valence-electron chi connectivity index (χ2n) is 6.57. The van der Waals surface area contributed by atoms with E-state index in [1.165, 1.54) is 0 Å². The fourth-order valence-electron chi connectivity index (χ4n) is 3.74. The van der Waals surface area contributed by atoms with Gasteiger partial charge in [0.1, 0.15) is 0 Å². The first-order chi connectivity index (χ1) is 11.0. The van der Waals surface area contributed by atoms with Crippen LogP contribution in [0.15, 0.2) is 12.3 Å². The van der Waals surface area contributed by atoms with Gasteiger partial charge in [0.15, 0.2) is 0 Å². The van der Waals surface area contributed by atoms with Crippen LogP contribution in [0.2, 0.25) is 0 Å². The molecule has 1 saturated heterocycles. The standard InChI is InChI=1S/C17H25N5O/c1-11(16-12(2)20-21(4)13(16)3)17(23)22-9-5-6-14(10-22)15-7-8-18-19-15/h7-8,11,14H,5-6,9-10H2,1-4H3,(H,18,19)/t11-,14+/m0/s1. The number of rotatable bonds is 3. The minimum Gasteiger partial charge on any atom is -0.342 e. The molecule has 0 spiro atoms. The molecule has 1 N–H and O–H groups in total. The Morgan fingerprint density at radius 3 is 2.83 bits per heavy atom. The number of amides is 1. The fourth-order valence-corrected chi connectivity index (χ4v) is 3.74. The number of nitrogens with one attached hydrogen (secondary N) is 1. The van der Waals surface area contributed by atoms with Crippen LogP contribution in [0.3, 0.4) is 0 Å².